The van der Waals surface area contributed by atoms with Crippen molar-refractivity contribution in [1.29, 1.82) is 0 Å². The lowest BCUT2D eigenvalue weighted by molar-refractivity contribution is 0.0976. The SMILES string of the molecule is COCCOc1ccc(C(=O)NC(=S)Nc2ccccc2C(=O)Nc2ccc(C)c(C)c2)cc1Br. The van der Waals surface area contributed by atoms with Gasteiger partial charge >= 0.3 is 0 Å². The summed E-state index contributed by atoms with van der Waals surface area (Å²) in [5.41, 5.74) is 4.18. The number of methoxy groups -OCH3 is 1. The van der Waals surface area contributed by atoms with Gasteiger partial charge in [-0.25, -0.2) is 0 Å². The van der Waals surface area contributed by atoms with Crippen molar-refractivity contribution in [3.63, 3.8) is 0 Å². The van der Waals surface area contributed by atoms with E-state index >= 15 is 0 Å². The highest BCUT2D eigenvalue weighted by Gasteiger charge is 2.15. The molecule has 9 heteroatoms. The fraction of sp³-hybridized carbons (Fsp3) is 0.192. The van der Waals surface area contributed by atoms with E-state index in [0.29, 0.717) is 45.9 Å². The molecular weight excluding hydrogens is 530 g/mol. The number of anilines is 2. The van der Waals surface area contributed by atoms with Crippen molar-refractivity contribution in [2.45, 2.75) is 13.8 Å². The molecule has 0 atom stereocenters. The number of carbonyl (C=O) groups is 2. The van der Waals surface area contributed by atoms with Gasteiger partial charge in [-0.15, -0.1) is 0 Å². The Hall–Kier alpha value is -3.27. The number of nitrogens with one attached hydrogen (secondary N) is 3. The first-order chi connectivity index (χ1) is 16.8. The first-order valence-corrected chi connectivity index (χ1v) is 12.0. The van der Waals surface area contributed by atoms with Crippen molar-refractivity contribution in [3.8, 4) is 5.75 Å². The van der Waals surface area contributed by atoms with Gasteiger partial charge in [0.1, 0.15) is 12.4 Å². The molecule has 182 valence electrons. The minimum atomic E-state index is -0.399. The number of rotatable bonds is 8. The van der Waals surface area contributed by atoms with Gasteiger partial charge in [-0.05, 0) is 95.6 Å². The molecule has 7 nitrogen and oxygen atoms in total. The maximum Gasteiger partial charge on any atom is 0.257 e. The molecule has 0 unspecified atom stereocenters. The van der Waals surface area contributed by atoms with Crippen LogP contribution >= 0.6 is 28.1 Å². The Balaban J connectivity index is 1.65. The maximum atomic E-state index is 12.9. The van der Waals surface area contributed by atoms with Gasteiger partial charge in [-0.2, -0.15) is 0 Å². The number of aryl methyl sites for hydroxylation is 2. The molecule has 3 aromatic carbocycles. The molecule has 0 fully saturated rings. The van der Waals surface area contributed by atoms with Crippen molar-refractivity contribution < 1.29 is 19.1 Å². The maximum absolute atomic E-state index is 12.9. The Morgan fingerprint density at radius 3 is 2.40 bits per heavy atom. The van der Waals surface area contributed by atoms with Crippen molar-refractivity contribution in [2.75, 3.05) is 31.0 Å². The summed E-state index contributed by atoms with van der Waals surface area (Å²) in [4.78, 5) is 25.6. The summed E-state index contributed by atoms with van der Waals surface area (Å²) in [5.74, 6) is -0.0924. The van der Waals surface area contributed by atoms with E-state index in [1.165, 1.54) is 0 Å². The Bertz CT molecular complexity index is 1250. The topological polar surface area (TPSA) is 88.7 Å². The number of halogens is 1. The van der Waals surface area contributed by atoms with Crippen LogP contribution in [0.1, 0.15) is 31.8 Å². The molecule has 0 saturated carbocycles. The Kier molecular flexibility index (Phi) is 9.36. The molecule has 0 aliphatic heterocycles. The zero-order valence-corrected chi connectivity index (χ0v) is 22.0. The Morgan fingerprint density at radius 2 is 1.69 bits per heavy atom. The summed E-state index contributed by atoms with van der Waals surface area (Å²) in [6.07, 6.45) is 0. The lowest BCUT2D eigenvalue weighted by Gasteiger charge is -2.14. The van der Waals surface area contributed by atoms with Crippen LogP contribution in [0.15, 0.2) is 65.1 Å². The highest BCUT2D eigenvalue weighted by atomic mass is 79.9. The minimum absolute atomic E-state index is 0.0676. The van der Waals surface area contributed by atoms with Crippen LogP contribution in [0.5, 0.6) is 5.75 Å². The predicted octanol–water partition coefficient (Wildman–Crippen LogP) is 5.47. The van der Waals surface area contributed by atoms with Gasteiger partial charge in [0.2, 0.25) is 0 Å². The fourth-order valence-corrected chi connectivity index (χ4v) is 3.83. The largest absolute Gasteiger partial charge is 0.490 e. The van der Waals surface area contributed by atoms with E-state index in [4.69, 9.17) is 21.7 Å². The van der Waals surface area contributed by atoms with Crippen molar-refractivity contribution in [1.82, 2.24) is 5.32 Å². The van der Waals surface area contributed by atoms with Gasteiger partial charge in [0.15, 0.2) is 5.11 Å². The van der Waals surface area contributed by atoms with Crippen molar-refractivity contribution in [3.05, 3.63) is 87.4 Å². The van der Waals surface area contributed by atoms with Crippen LogP contribution in [0, 0.1) is 13.8 Å². The van der Waals surface area contributed by atoms with Gasteiger partial charge < -0.3 is 20.1 Å². The number of hydrogen-bond donors (Lipinski definition) is 3. The highest BCUT2D eigenvalue weighted by molar-refractivity contribution is 9.10. The summed E-state index contributed by atoms with van der Waals surface area (Å²) in [6, 6.07) is 17.6. The standard InChI is InChI=1S/C26H26BrN3O4S/c1-16-8-10-19(14-17(16)2)28-25(32)20-6-4-5-7-22(20)29-26(35)30-24(31)18-9-11-23(21(27)15-18)34-13-12-33-3/h4-11,14-15H,12-13H2,1-3H3,(H,28,32)(H2,29,30,31,35). The van der Waals surface area contributed by atoms with E-state index in [9.17, 15) is 9.59 Å². The van der Waals surface area contributed by atoms with E-state index in [2.05, 4.69) is 31.9 Å². The third-order valence-corrected chi connectivity index (χ3v) is 5.97. The van der Waals surface area contributed by atoms with Gasteiger partial charge in [-0.1, -0.05) is 18.2 Å². The third-order valence-electron chi connectivity index (χ3n) is 5.15. The van der Waals surface area contributed by atoms with E-state index in [1.54, 1.807) is 49.6 Å². The molecule has 0 spiro atoms. The van der Waals surface area contributed by atoms with Gasteiger partial charge in [0.05, 0.1) is 22.3 Å². The van der Waals surface area contributed by atoms with Crippen LogP contribution in [0.3, 0.4) is 0 Å². The molecule has 3 N–H and O–H groups in total. The number of amides is 2. The van der Waals surface area contributed by atoms with Gasteiger partial charge in [-0.3, -0.25) is 14.9 Å². The summed E-state index contributed by atoms with van der Waals surface area (Å²) in [5, 5.41) is 8.56. The number of benzene rings is 3. The second kappa shape index (κ2) is 12.4. The number of thiocarbonyl (C=S) groups is 1. The van der Waals surface area contributed by atoms with E-state index in [1.807, 2.05) is 32.0 Å². The summed E-state index contributed by atoms with van der Waals surface area (Å²) in [7, 11) is 1.60. The zero-order chi connectivity index (χ0) is 25.4. The van der Waals surface area contributed by atoms with Crippen molar-refractivity contribution in [2.24, 2.45) is 0 Å². The van der Waals surface area contributed by atoms with Crippen LogP contribution in [0.25, 0.3) is 0 Å². The molecule has 0 radical (unpaired) electrons. The van der Waals surface area contributed by atoms with Crippen molar-refractivity contribution >= 4 is 56.4 Å². The van der Waals surface area contributed by atoms with Gasteiger partial charge in [0, 0.05) is 18.4 Å². The average molecular weight is 556 g/mol. The molecule has 0 saturated heterocycles. The number of hydrogen-bond acceptors (Lipinski definition) is 5. The third kappa shape index (κ3) is 7.35. The van der Waals surface area contributed by atoms with Crippen LogP contribution in [0.2, 0.25) is 0 Å². The molecule has 0 bridgehead atoms. The zero-order valence-electron chi connectivity index (χ0n) is 19.6. The summed E-state index contributed by atoms with van der Waals surface area (Å²) < 4.78 is 11.2. The quantitative estimate of drug-likeness (QED) is 0.252. The Labute approximate surface area is 218 Å². The van der Waals surface area contributed by atoms with Crippen LogP contribution < -0.4 is 20.7 Å². The first kappa shape index (κ1) is 26.3. The average Bonchev–Trinajstić information content (AvgIpc) is 2.82. The molecule has 0 heterocycles. The molecule has 3 aromatic rings. The minimum Gasteiger partial charge on any atom is -0.490 e. The van der Waals surface area contributed by atoms with E-state index < -0.39 is 5.91 Å². The number of ether oxygens (including phenoxy) is 2. The fourth-order valence-electron chi connectivity index (χ4n) is 3.13. The second-order valence-corrected chi connectivity index (χ2v) is 8.96. The Morgan fingerprint density at radius 1 is 0.914 bits per heavy atom. The summed E-state index contributed by atoms with van der Waals surface area (Å²) in [6.45, 7) is 4.85. The van der Waals surface area contributed by atoms with Gasteiger partial charge in [0.25, 0.3) is 11.8 Å². The number of carbonyl (C=O) groups excluding carboxylic acids is 2. The van der Waals surface area contributed by atoms with E-state index in [0.717, 1.165) is 11.1 Å². The molecule has 35 heavy (non-hydrogen) atoms. The monoisotopic (exact) mass is 555 g/mol. The second-order valence-electron chi connectivity index (χ2n) is 7.69. The number of para-hydroxylation sites is 1. The molecule has 3 rings (SSSR count). The normalized spacial score (nSPS) is 10.4. The van der Waals surface area contributed by atoms with Crippen LogP contribution in [0.4, 0.5) is 11.4 Å². The molecule has 0 aliphatic carbocycles. The van der Waals surface area contributed by atoms with E-state index in [-0.39, 0.29) is 11.0 Å². The predicted molar refractivity (Wildman–Crippen MR) is 146 cm³/mol. The molecule has 2 amide bonds. The van der Waals surface area contributed by atoms with Crippen LogP contribution in [-0.4, -0.2) is 37.3 Å². The smallest absolute Gasteiger partial charge is 0.257 e. The summed E-state index contributed by atoms with van der Waals surface area (Å²) >= 11 is 8.73. The molecule has 0 aliphatic rings. The highest BCUT2D eigenvalue weighted by Crippen LogP contribution is 2.26. The first-order valence-electron chi connectivity index (χ1n) is 10.8. The molecular formula is C26H26BrN3O4S. The van der Waals surface area contributed by atoms with Crippen LogP contribution in [-0.2, 0) is 4.74 Å². The lowest BCUT2D eigenvalue weighted by Crippen LogP contribution is -2.34. The molecule has 0 aromatic heterocycles. The lowest BCUT2D eigenvalue weighted by atomic mass is 10.1.